The van der Waals surface area contributed by atoms with Gasteiger partial charge in [-0.1, -0.05) is 40.0 Å². The van der Waals surface area contributed by atoms with Crippen LogP contribution in [0.5, 0.6) is 0 Å². The van der Waals surface area contributed by atoms with Crippen molar-refractivity contribution in [3.63, 3.8) is 0 Å². The van der Waals surface area contributed by atoms with Crippen molar-refractivity contribution in [2.24, 2.45) is 0 Å². The molecule has 1 aromatic carbocycles. The molecule has 6 rings (SSSR count). The van der Waals surface area contributed by atoms with Crippen LogP contribution in [-0.4, -0.2) is 39.5 Å². The Balaban J connectivity index is 1.42. The number of aromatic nitrogens is 8. The highest BCUT2D eigenvalue weighted by molar-refractivity contribution is 6.32. The molecule has 0 fully saturated rings. The largest absolute Gasteiger partial charge is 0.331 e. The van der Waals surface area contributed by atoms with Crippen molar-refractivity contribution in [2.45, 2.75) is 18.9 Å². The lowest BCUT2D eigenvalue weighted by atomic mass is 10.1. The quantitative estimate of drug-likeness (QED) is 0.362. The number of fused-ring (bicyclic) bond motifs is 1. The van der Waals surface area contributed by atoms with Gasteiger partial charge in [-0.25, -0.2) is 14.6 Å². The molecule has 174 valence electrons. The molecule has 35 heavy (non-hydrogen) atoms. The van der Waals surface area contributed by atoms with Gasteiger partial charge in [0.15, 0.2) is 5.15 Å². The summed E-state index contributed by atoms with van der Waals surface area (Å²) >= 11 is 18.7. The van der Waals surface area contributed by atoms with Crippen LogP contribution in [0.15, 0.2) is 59.8 Å². The van der Waals surface area contributed by atoms with E-state index in [9.17, 15) is 4.79 Å². The number of halogens is 3. The number of nitrogens with zero attached hydrogens (tertiary/aromatic N) is 7. The first-order valence-corrected chi connectivity index (χ1v) is 11.8. The highest BCUT2D eigenvalue weighted by Crippen LogP contribution is 2.34. The summed E-state index contributed by atoms with van der Waals surface area (Å²) in [5.74, 6) is 1.25. The Morgan fingerprint density at radius 2 is 1.97 bits per heavy atom. The smallest absolute Gasteiger partial charge is 0.254 e. The molecule has 0 bridgehead atoms. The van der Waals surface area contributed by atoms with Crippen LogP contribution in [0.25, 0.3) is 28.2 Å². The summed E-state index contributed by atoms with van der Waals surface area (Å²) < 4.78 is 3.18. The van der Waals surface area contributed by atoms with Crippen molar-refractivity contribution in [3.05, 3.63) is 92.3 Å². The van der Waals surface area contributed by atoms with Crippen LogP contribution in [0.3, 0.4) is 0 Å². The minimum atomic E-state index is -0.310. The highest BCUT2D eigenvalue weighted by Gasteiger charge is 2.30. The summed E-state index contributed by atoms with van der Waals surface area (Å²) in [6, 6.07) is 10.1. The normalized spacial score (nSPS) is 14.9. The number of imidazole rings is 1. The summed E-state index contributed by atoms with van der Waals surface area (Å²) in [6.45, 7) is 0. The number of benzene rings is 1. The number of pyridine rings is 1. The van der Waals surface area contributed by atoms with E-state index in [1.807, 2.05) is 12.1 Å². The molecule has 0 saturated heterocycles. The maximum absolute atomic E-state index is 13.3. The minimum Gasteiger partial charge on any atom is -0.331 e. The van der Waals surface area contributed by atoms with E-state index < -0.39 is 0 Å². The first kappa shape index (κ1) is 22.0. The lowest BCUT2D eigenvalue weighted by Gasteiger charge is -2.14. The Morgan fingerprint density at radius 1 is 1.09 bits per heavy atom. The number of aryl methyl sites for hydroxylation is 1. The number of H-pyrrole nitrogens is 1. The zero-order chi connectivity index (χ0) is 24.1. The maximum atomic E-state index is 13.3. The van der Waals surface area contributed by atoms with Crippen molar-refractivity contribution >= 4 is 34.8 Å². The molecule has 1 atom stereocenters. The molecule has 0 radical (unpaired) electrons. The third kappa shape index (κ3) is 3.91. The molecule has 5 heterocycles. The zero-order valence-corrected chi connectivity index (χ0v) is 20.1. The van der Waals surface area contributed by atoms with E-state index in [2.05, 4.69) is 25.3 Å². The van der Waals surface area contributed by atoms with Crippen LogP contribution < -0.4 is 5.56 Å². The van der Waals surface area contributed by atoms with Gasteiger partial charge >= 0.3 is 0 Å². The number of nitrogens with one attached hydrogen (secondary N) is 1. The fourth-order valence-electron chi connectivity index (χ4n) is 4.34. The molecule has 9 nitrogen and oxygen atoms in total. The topological polar surface area (TPSA) is 107 Å². The van der Waals surface area contributed by atoms with Crippen molar-refractivity contribution < 1.29 is 0 Å². The van der Waals surface area contributed by atoms with Gasteiger partial charge in [0.25, 0.3) is 5.56 Å². The van der Waals surface area contributed by atoms with Crippen molar-refractivity contribution in [1.29, 1.82) is 0 Å². The minimum absolute atomic E-state index is 0.203. The van der Waals surface area contributed by atoms with E-state index in [0.717, 1.165) is 5.56 Å². The molecule has 4 aromatic heterocycles. The molecule has 1 aliphatic heterocycles. The van der Waals surface area contributed by atoms with E-state index in [-0.39, 0.29) is 16.8 Å². The second kappa shape index (κ2) is 8.60. The average molecular weight is 526 g/mol. The molecule has 0 unspecified atom stereocenters. The Kier molecular flexibility index (Phi) is 5.40. The highest BCUT2D eigenvalue weighted by atomic mass is 35.5. The van der Waals surface area contributed by atoms with Gasteiger partial charge in [0.05, 0.1) is 23.6 Å². The van der Waals surface area contributed by atoms with Gasteiger partial charge in [-0.15, -0.1) is 5.10 Å². The number of rotatable bonds is 4. The number of hydrogen-bond donors (Lipinski definition) is 1. The van der Waals surface area contributed by atoms with Gasteiger partial charge in [0, 0.05) is 41.0 Å². The second-order valence-electron chi connectivity index (χ2n) is 7.99. The van der Waals surface area contributed by atoms with Crippen molar-refractivity contribution in [1.82, 2.24) is 39.5 Å². The van der Waals surface area contributed by atoms with Crippen LogP contribution in [0.1, 0.15) is 24.1 Å². The van der Waals surface area contributed by atoms with Crippen LogP contribution in [0.4, 0.5) is 0 Å². The fourth-order valence-corrected chi connectivity index (χ4v) is 4.88. The fraction of sp³-hybridized carbons (Fsp3) is 0.130. The first-order chi connectivity index (χ1) is 17.0. The molecule has 0 aliphatic carbocycles. The van der Waals surface area contributed by atoms with Gasteiger partial charge < -0.3 is 4.98 Å². The van der Waals surface area contributed by atoms with Crippen LogP contribution in [-0.2, 0) is 6.42 Å². The monoisotopic (exact) mass is 524 g/mol. The first-order valence-electron chi connectivity index (χ1n) is 10.6. The zero-order valence-electron chi connectivity index (χ0n) is 17.9. The van der Waals surface area contributed by atoms with Crippen molar-refractivity contribution in [3.8, 4) is 28.2 Å². The molecular weight excluding hydrogens is 511 g/mol. The third-order valence-corrected chi connectivity index (χ3v) is 6.54. The summed E-state index contributed by atoms with van der Waals surface area (Å²) in [7, 11) is 0. The van der Waals surface area contributed by atoms with Crippen molar-refractivity contribution in [2.75, 3.05) is 0 Å². The molecule has 0 amide bonds. The lowest BCUT2D eigenvalue weighted by molar-refractivity contribution is 0.568. The van der Waals surface area contributed by atoms with E-state index in [0.29, 0.717) is 57.3 Å². The second-order valence-corrected chi connectivity index (χ2v) is 9.20. The molecule has 0 spiro atoms. The van der Waals surface area contributed by atoms with Crippen LogP contribution in [0, 0.1) is 0 Å². The molecule has 5 aromatic rings. The predicted octanol–water partition coefficient (Wildman–Crippen LogP) is 4.77. The molecule has 1 aliphatic rings. The summed E-state index contributed by atoms with van der Waals surface area (Å²) in [4.78, 5) is 30.1. The van der Waals surface area contributed by atoms with E-state index >= 15 is 0 Å². The van der Waals surface area contributed by atoms with E-state index in [4.69, 9.17) is 39.8 Å². The van der Waals surface area contributed by atoms with Crippen LogP contribution in [0.2, 0.25) is 15.3 Å². The predicted molar refractivity (Wildman–Crippen MR) is 132 cm³/mol. The Labute approximate surface area is 213 Å². The van der Waals surface area contributed by atoms with Gasteiger partial charge in [-0.3, -0.25) is 14.3 Å². The summed E-state index contributed by atoms with van der Waals surface area (Å²) in [6.07, 6.45) is 6.20. The number of hydrogen-bond acceptors (Lipinski definition) is 6. The number of aromatic amines is 1. The van der Waals surface area contributed by atoms with Gasteiger partial charge in [-0.2, -0.15) is 0 Å². The summed E-state index contributed by atoms with van der Waals surface area (Å²) in [5.41, 5.74) is 2.96. The molecule has 1 N–H and O–H groups in total. The lowest BCUT2D eigenvalue weighted by Crippen LogP contribution is -2.25. The summed E-state index contributed by atoms with van der Waals surface area (Å²) in [5, 5.41) is 9.02. The molecule has 12 heteroatoms. The van der Waals surface area contributed by atoms with Gasteiger partial charge in [0.1, 0.15) is 22.5 Å². The Bertz CT molecular complexity index is 1630. The van der Waals surface area contributed by atoms with Crippen LogP contribution >= 0.6 is 34.8 Å². The molecular formula is C23H15Cl3N8O. The standard InChI is InChI=1S/C23H15Cl3N8O/c24-13-3-4-16(33-11-18(25)31-32-33)14(8-13)15-9-20(35)34-17(5-6-19(34)28-15)23-29-21(22(26)30-23)12-2-1-7-27-10-12/h1-4,7-11,17H,5-6H2,(H,29,30)/t17-/m0/s1. The van der Waals surface area contributed by atoms with Gasteiger partial charge in [0.2, 0.25) is 0 Å². The third-order valence-electron chi connectivity index (χ3n) is 5.85. The van der Waals surface area contributed by atoms with E-state index in [1.165, 1.54) is 10.7 Å². The Morgan fingerprint density at radius 3 is 2.74 bits per heavy atom. The van der Waals surface area contributed by atoms with E-state index in [1.54, 1.807) is 41.4 Å². The maximum Gasteiger partial charge on any atom is 0.254 e. The molecule has 0 saturated carbocycles. The van der Waals surface area contributed by atoms with Gasteiger partial charge in [-0.05, 0) is 36.8 Å². The Hall–Kier alpha value is -3.53. The average Bonchev–Trinajstić information content (AvgIpc) is 3.58. The SMILES string of the molecule is O=c1cc(-c2cc(Cl)ccc2-n2cc(Cl)nn2)nc2n1[C@H](c1nc(-c3cccnc3)c(Cl)[nH]1)CC2.